The van der Waals surface area contributed by atoms with Gasteiger partial charge in [0.25, 0.3) is 0 Å². The van der Waals surface area contributed by atoms with Gasteiger partial charge in [-0.05, 0) is 31.9 Å². The van der Waals surface area contributed by atoms with Crippen molar-refractivity contribution in [3.63, 3.8) is 0 Å². The van der Waals surface area contributed by atoms with Crippen LogP contribution in [0.3, 0.4) is 0 Å². The van der Waals surface area contributed by atoms with Crippen molar-refractivity contribution in [2.24, 2.45) is 5.73 Å². The first-order chi connectivity index (χ1) is 7.65. The van der Waals surface area contributed by atoms with E-state index < -0.39 is 0 Å². The van der Waals surface area contributed by atoms with Crippen LogP contribution in [-0.4, -0.2) is 28.5 Å². The molecule has 4 heteroatoms. The highest BCUT2D eigenvalue weighted by Crippen LogP contribution is 2.18. The summed E-state index contributed by atoms with van der Waals surface area (Å²) in [6, 6.07) is 6.67. The Hall–Kier alpha value is -0.640. The number of aromatic nitrogens is 1. The highest BCUT2D eigenvalue weighted by molar-refractivity contribution is 6.29. The lowest BCUT2D eigenvalue weighted by Gasteiger charge is -2.36. The number of hydrogen-bond acceptors (Lipinski definition) is 3. The molecule has 2 rings (SSSR count). The summed E-state index contributed by atoms with van der Waals surface area (Å²) < 4.78 is 0. The van der Waals surface area contributed by atoms with E-state index >= 15 is 0 Å². The molecule has 1 saturated heterocycles. The topological polar surface area (TPSA) is 42.1 Å². The van der Waals surface area contributed by atoms with E-state index in [1.807, 2.05) is 12.1 Å². The number of piperidine rings is 1. The molecule has 2 heterocycles. The molecule has 2 atom stereocenters. The molecule has 1 aromatic rings. The fraction of sp³-hybridized carbons (Fsp3) is 0.583. The predicted octanol–water partition coefficient (Wildman–Crippen LogP) is 2.05. The molecule has 88 valence electrons. The Morgan fingerprint density at radius 2 is 2.38 bits per heavy atom. The van der Waals surface area contributed by atoms with Gasteiger partial charge in [-0.15, -0.1) is 0 Å². The van der Waals surface area contributed by atoms with Crippen LogP contribution < -0.4 is 5.73 Å². The molecule has 2 unspecified atom stereocenters. The molecule has 1 aliphatic rings. The maximum Gasteiger partial charge on any atom is 0.129 e. The standard InChI is InChI=1S/C12H18ClN3/c1-9-7-10(14)5-6-16(9)8-11-3-2-4-12(13)15-11/h2-4,9-10H,5-8,14H2,1H3. The molecule has 0 aromatic carbocycles. The van der Waals surface area contributed by atoms with Crippen molar-refractivity contribution in [2.45, 2.75) is 38.4 Å². The molecule has 1 fully saturated rings. The molecule has 2 N–H and O–H groups in total. The number of halogens is 1. The number of pyridine rings is 1. The van der Waals surface area contributed by atoms with Crippen molar-refractivity contribution in [3.8, 4) is 0 Å². The molecule has 0 bridgehead atoms. The van der Waals surface area contributed by atoms with Gasteiger partial charge >= 0.3 is 0 Å². The molecule has 0 amide bonds. The summed E-state index contributed by atoms with van der Waals surface area (Å²) in [4.78, 5) is 6.73. The minimum absolute atomic E-state index is 0.360. The van der Waals surface area contributed by atoms with Crippen molar-refractivity contribution in [3.05, 3.63) is 29.0 Å². The number of nitrogens with two attached hydrogens (primary N) is 1. The average molecular weight is 240 g/mol. The number of likely N-dealkylation sites (tertiary alicyclic amines) is 1. The van der Waals surface area contributed by atoms with Crippen molar-refractivity contribution in [1.82, 2.24) is 9.88 Å². The first-order valence-corrected chi connectivity index (χ1v) is 6.14. The molecular formula is C12H18ClN3. The quantitative estimate of drug-likeness (QED) is 0.804. The van der Waals surface area contributed by atoms with E-state index in [0.717, 1.165) is 31.6 Å². The summed E-state index contributed by atoms with van der Waals surface area (Å²) in [6.45, 7) is 4.15. The zero-order valence-corrected chi connectivity index (χ0v) is 10.3. The fourth-order valence-corrected chi connectivity index (χ4v) is 2.42. The Morgan fingerprint density at radius 3 is 3.06 bits per heavy atom. The third-order valence-electron chi connectivity index (χ3n) is 3.19. The zero-order valence-electron chi connectivity index (χ0n) is 9.56. The molecular weight excluding hydrogens is 222 g/mol. The number of hydrogen-bond donors (Lipinski definition) is 1. The van der Waals surface area contributed by atoms with E-state index in [1.165, 1.54) is 0 Å². The lowest BCUT2D eigenvalue weighted by atomic mass is 9.99. The fourth-order valence-electron chi connectivity index (χ4n) is 2.24. The third-order valence-corrected chi connectivity index (χ3v) is 3.40. The Bertz CT molecular complexity index is 356. The molecule has 1 aromatic heterocycles. The van der Waals surface area contributed by atoms with E-state index in [4.69, 9.17) is 17.3 Å². The summed E-state index contributed by atoms with van der Waals surface area (Å²) in [7, 11) is 0. The first-order valence-electron chi connectivity index (χ1n) is 5.76. The van der Waals surface area contributed by atoms with Crippen molar-refractivity contribution in [2.75, 3.05) is 6.54 Å². The van der Waals surface area contributed by atoms with Gasteiger partial charge in [0, 0.05) is 25.2 Å². The monoisotopic (exact) mass is 239 g/mol. The molecule has 1 aliphatic heterocycles. The number of nitrogens with zero attached hydrogens (tertiary/aromatic N) is 2. The highest BCUT2D eigenvalue weighted by Gasteiger charge is 2.23. The minimum atomic E-state index is 0.360. The van der Waals surface area contributed by atoms with E-state index in [9.17, 15) is 0 Å². The van der Waals surface area contributed by atoms with E-state index in [0.29, 0.717) is 17.2 Å². The Kier molecular flexibility index (Phi) is 3.79. The van der Waals surface area contributed by atoms with E-state index in [-0.39, 0.29) is 0 Å². The van der Waals surface area contributed by atoms with Crippen LogP contribution in [0.25, 0.3) is 0 Å². The third kappa shape index (κ3) is 2.94. The van der Waals surface area contributed by atoms with Crippen LogP contribution in [0.4, 0.5) is 0 Å². The van der Waals surface area contributed by atoms with Crippen LogP contribution in [0.1, 0.15) is 25.5 Å². The van der Waals surface area contributed by atoms with Crippen LogP contribution in [0.2, 0.25) is 5.15 Å². The van der Waals surface area contributed by atoms with Crippen molar-refractivity contribution >= 4 is 11.6 Å². The lowest BCUT2D eigenvalue weighted by molar-refractivity contribution is 0.138. The van der Waals surface area contributed by atoms with Gasteiger partial charge < -0.3 is 5.73 Å². The van der Waals surface area contributed by atoms with Gasteiger partial charge in [0.1, 0.15) is 5.15 Å². The molecule has 0 saturated carbocycles. The Morgan fingerprint density at radius 1 is 1.56 bits per heavy atom. The second-order valence-corrected chi connectivity index (χ2v) is 4.94. The Balaban J connectivity index is 1.99. The van der Waals surface area contributed by atoms with Gasteiger partial charge in [0.05, 0.1) is 5.69 Å². The zero-order chi connectivity index (χ0) is 11.5. The molecule has 0 radical (unpaired) electrons. The normalized spacial score (nSPS) is 26.9. The highest BCUT2D eigenvalue weighted by atomic mass is 35.5. The van der Waals surface area contributed by atoms with E-state index in [1.54, 1.807) is 6.07 Å². The molecule has 0 aliphatic carbocycles. The summed E-state index contributed by atoms with van der Waals surface area (Å²) in [5.74, 6) is 0. The summed E-state index contributed by atoms with van der Waals surface area (Å²) in [6.07, 6.45) is 2.14. The lowest BCUT2D eigenvalue weighted by Crippen LogP contribution is -2.45. The van der Waals surface area contributed by atoms with Crippen LogP contribution in [-0.2, 0) is 6.54 Å². The number of rotatable bonds is 2. The van der Waals surface area contributed by atoms with Crippen LogP contribution in [0.15, 0.2) is 18.2 Å². The van der Waals surface area contributed by atoms with Crippen LogP contribution in [0, 0.1) is 0 Å². The van der Waals surface area contributed by atoms with Gasteiger partial charge in [-0.2, -0.15) is 0 Å². The van der Waals surface area contributed by atoms with Crippen LogP contribution in [0.5, 0.6) is 0 Å². The van der Waals surface area contributed by atoms with Gasteiger partial charge in [-0.1, -0.05) is 17.7 Å². The van der Waals surface area contributed by atoms with Gasteiger partial charge in [0.2, 0.25) is 0 Å². The average Bonchev–Trinajstić information content (AvgIpc) is 2.22. The second-order valence-electron chi connectivity index (χ2n) is 4.56. The van der Waals surface area contributed by atoms with Gasteiger partial charge in [-0.3, -0.25) is 4.90 Å². The van der Waals surface area contributed by atoms with Gasteiger partial charge in [0.15, 0.2) is 0 Å². The van der Waals surface area contributed by atoms with Crippen molar-refractivity contribution < 1.29 is 0 Å². The molecule has 3 nitrogen and oxygen atoms in total. The molecule has 16 heavy (non-hydrogen) atoms. The smallest absolute Gasteiger partial charge is 0.129 e. The molecule has 0 spiro atoms. The SMILES string of the molecule is CC1CC(N)CCN1Cc1cccc(Cl)n1. The summed E-state index contributed by atoms with van der Waals surface area (Å²) >= 11 is 5.87. The maximum absolute atomic E-state index is 5.94. The summed E-state index contributed by atoms with van der Waals surface area (Å²) in [5.41, 5.74) is 6.98. The van der Waals surface area contributed by atoms with Gasteiger partial charge in [-0.25, -0.2) is 4.98 Å². The van der Waals surface area contributed by atoms with Crippen molar-refractivity contribution in [1.29, 1.82) is 0 Å². The second kappa shape index (κ2) is 5.13. The Labute approximate surface area is 102 Å². The van der Waals surface area contributed by atoms with Crippen LogP contribution >= 0.6 is 11.6 Å². The largest absolute Gasteiger partial charge is 0.328 e. The minimum Gasteiger partial charge on any atom is -0.328 e. The first kappa shape index (κ1) is 11.8. The van der Waals surface area contributed by atoms with E-state index in [2.05, 4.69) is 16.8 Å². The predicted molar refractivity (Wildman–Crippen MR) is 66.3 cm³/mol. The maximum atomic E-state index is 5.94. The summed E-state index contributed by atoms with van der Waals surface area (Å²) in [5, 5.41) is 0.568.